The first-order valence-electron chi connectivity index (χ1n) is 13.2. The van der Waals surface area contributed by atoms with Crippen LogP contribution in [0.2, 0.25) is 10.0 Å². The van der Waals surface area contributed by atoms with Gasteiger partial charge in [-0.2, -0.15) is 4.98 Å². The molecule has 0 bridgehead atoms. The summed E-state index contributed by atoms with van der Waals surface area (Å²) in [6.45, 7) is 1.42. The van der Waals surface area contributed by atoms with Gasteiger partial charge in [0.15, 0.2) is 0 Å². The number of esters is 2. The molecule has 0 spiro atoms. The number of benzene rings is 3. The first-order valence-corrected chi connectivity index (χ1v) is 13.9. The van der Waals surface area contributed by atoms with Gasteiger partial charge in [0.25, 0.3) is 5.91 Å². The summed E-state index contributed by atoms with van der Waals surface area (Å²) in [7, 11) is 0. The number of anilines is 1. The van der Waals surface area contributed by atoms with E-state index >= 15 is 0 Å². The summed E-state index contributed by atoms with van der Waals surface area (Å²) >= 11 is 11.8. The second-order valence-electron chi connectivity index (χ2n) is 9.70. The molecule has 4 aromatic rings. The summed E-state index contributed by atoms with van der Waals surface area (Å²) in [5.41, 5.74) is 0.754. The van der Waals surface area contributed by atoms with Gasteiger partial charge in [-0.1, -0.05) is 41.4 Å². The Labute approximate surface area is 256 Å². The van der Waals surface area contributed by atoms with Crippen molar-refractivity contribution in [1.82, 2.24) is 9.55 Å². The first kappa shape index (κ1) is 30.0. The molecule has 0 aliphatic carbocycles. The highest BCUT2D eigenvalue weighted by atomic mass is 35.5. The summed E-state index contributed by atoms with van der Waals surface area (Å²) in [6.07, 6.45) is -1.11. The minimum atomic E-state index is -0.903. The SMILES string of the molecule is Cc1cn([C@H]2C[C@H](OC(=O)c3ccc(Cl)cc3)[C@@H](COC(=O)c3ccc(Cl)cc3)O2)c(=O)nc1NC(=O)c1ccccc1. The van der Waals surface area contributed by atoms with Gasteiger partial charge in [0.05, 0.1) is 11.1 Å². The molecule has 0 saturated carbocycles. The van der Waals surface area contributed by atoms with Gasteiger partial charge in [0.2, 0.25) is 0 Å². The Morgan fingerprint density at radius 1 is 0.907 bits per heavy atom. The highest BCUT2D eigenvalue weighted by Gasteiger charge is 2.40. The summed E-state index contributed by atoms with van der Waals surface area (Å²) in [6, 6.07) is 20.8. The number of aromatic nitrogens is 2. The van der Waals surface area contributed by atoms with Crippen molar-refractivity contribution in [2.24, 2.45) is 0 Å². The molecule has 2 heterocycles. The van der Waals surface area contributed by atoms with E-state index in [0.29, 0.717) is 21.2 Å². The highest BCUT2D eigenvalue weighted by Crippen LogP contribution is 2.32. The Kier molecular flexibility index (Phi) is 9.20. The number of amides is 1. The van der Waals surface area contributed by atoms with Crippen molar-refractivity contribution in [3.63, 3.8) is 0 Å². The largest absolute Gasteiger partial charge is 0.459 e. The summed E-state index contributed by atoms with van der Waals surface area (Å²) in [5.74, 6) is -1.57. The number of ether oxygens (including phenoxy) is 3. The van der Waals surface area contributed by atoms with Crippen LogP contribution in [-0.4, -0.2) is 46.2 Å². The lowest BCUT2D eigenvalue weighted by Gasteiger charge is -2.19. The van der Waals surface area contributed by atoms with Crippen molar-refractivity contribution in [1.29, 1.82) is 0 Å². The third-order valence-electron chi connectivity index (χ3n) is 6.69. The van der Waals surface area contributed by atoms with Gasteiger partial charge >= 0.3 is 17.6 Å². The standard InChI is InChI=1S/C31H25Cl2N3O7/c1-18-16-36(31(40)35-27(18)34-28(37)19-5-3-2-4-6-19)26-15-24(43-30(39)21-9-13-23(33)14-10-21)25(42-26)17-41-29(38)20-7-11-22(32)12-8-20/h2-14,16,24-26H,15,17H2,1H3,(H,34,35,37,40)/t24-,25+,26+/m0/s1. The molecular weight excluding hydrogens is 597 g/mol. The molecule has 220 valence electrons. The zero-order chi connectivity index (χ0) is 30.5. The monoisotopic (exact) mass is 621 g/mol. The van der Waals surface area contributed by atoms with E-state index in [1.54, 1.807) is 61.5 Å². The lowest BCUT2D eigenvalue weighted by molar-refractivity contribution is -0.0582. The van der Waals surface area contributed by atoms with Crippen molar-refractivity contribution in [2.75, 3.05) is 11.9 Å². The van der Waals surface area contributed by atoms with Crippen molar-refractivity contribution < 1.29 is 28.6 Å². The zero-order valence-corrected chi connectivity index (χ0v) is 24.2. The lowest BCUT2D eigenvalue weighted by atomic mass is 10.1. The quantitative estimate of drug-likeness (QED) is 0.256. The topological polar surface area (TPSA) is 126 Å². The number of carbonyl (C=O) groups excluding carboxylic acids is 3. The normalized spacial score (nSPS) is 17.7. The molecule has 1 N–H and O–H groups in total. The Hall–Kier alpha value is -4.51. The third-order valence-corrected chi connectivity index (χ3v) is 7.19. The minimum Gasteiger partial charge on any atom is -0.459 e. The van der Waals surface area contributed by atoms with E-state index in [1.165, 1.54) is 35.0 Å². The highest BCUT2D eigenvalue weighted by molar-refractivity contribution is 6.31. The molecule has 1 aromatic heterocycles. The maximum atomic E-state index is 13.1. The van der Waals surface area contributed by atoms with Gasteiger partial charge in [0.1, 0.15) is 30.9 Å². The Balaban J connectivity index is 1.34. The Morgan fingerprint density at radius 3 is 2.14 bits per heavy atom. The smallest absolute Gasteiger partial charge is 0.351 e. The fourth-order valence-corrected chi connectivity index (χ4v) is 4.68. The van der Waals surface area contributed by atoms with Gasteiger partial charge in [-0.3, -0.25) is 9.36 Å². The third kappa shape index (κ3) is 7.29. The van der Waals surface area contributed by atoms with E-state index in [2.05, 4.69) is 10.3 Å². The number of nitrogens with zero attached hydrogens (tertiary/aromatic N) is 2. The number of aryl methyl sites for hydroxylation is 1. The van der Waals surface area contributed by atoms with E-state index in [4.69, 9.17) is 37.4 Å². The average Bonchev–Trinajstić information content (AvgIpc) is 3.40. The van der Waals surface area contributed by atoms with Crippen LogP contribution in [-0.2, 0) is 14.2 Å². The molecule has 1 aliphatic heterocycles. The maximum absolute atomic E-state index is 13.1. The van der Waals surface area contributed by atoms with E-state index in [-0.39, 0.29) is 30.0 Å². The predicted octanol–water partition coefficient (Wildman–Crippen LogP) is 5.48. The van der Waals surface area contributed by atoms with Crippen LogP contribution in [0.1, 0.15) is 49.3 Å². The molecular formula is C31H25Cl2N3O7. The van der Waals surface area contributed by atoms with Crippen molar-refractivity contribution in [3.8, 4) is 0 Å². The van der Waals surface area contributed by atoms with E-state index in [9.17, 15) is 19.2 Å². The molecule has 1 fully saturated rings. The van der Waals surface area contributed by atoms with E-state index in [0.717, 1.165) is 0 Å². The lowest BCUT2D eigenvalue weighted by Crippen LogP contribution is -2.32. The zero-order valence-electron chi connectivity index (χ0n) is 22.7. The van der Waals surface area contributed by atoms with Crippen molar-refractivity contribution >= 4 is 46.9 Å². The number of nitrogens with one attached hydrogen (secondary N) is 1. The van der Waals surface area contributed by atoms with Crippen LogP contribution >= 0.6 is 23.2 Å². The Bertz CT molecular complexity index is 1690. The van der Waals surface area contributed by atoms with Gasteiger partial charge in [-0.25, -0.2) is 14.4 Å². The van der Waals surface area contributed by atoms with Crippen LogP contribution in [0.3, 0.4) is 0 Å². The van der Waals surface area contributed by atoms with Crippen LogP contribution in [0.25, 0.3) is 0 Å². The molecule has 1 saturated heterocycles. The molecule has 1 amide bonds. The van der Waals surface area contributed by atoms with Crippen LogP contribution in [0.5, 0.6) is 0 Å². The van der Waals surface area contributed by atoms with Crippen LogP contribution in [0.4, 0.5) is 5.82 Å². The van der Waals surface area contributed by atoms with E-state index in [1.807, 2.05) is 0 Å². The molecule has 43 heavy (non-hydrogen) atoms. The molecule has 3 aromatic carbocycles. The predicted molar refractivity (Wildman–Crippen MR) is 159 cm³/mol. The van der Waals surface area contributed by atoms with Gasteiger partial charge in [-0.05, 0) is 67.6 Å². The Morgan fingerprint density at radius 2 is 1.51 bits per heavy atom. The van der Waals surface area contributed by atoms with E-state index < -0.39 is 42.0 Å². The van der Waals surface area contributed by atoms with Crippen molar-refractivity contribution in [3.05, 3.63) is 128 Å². The summed E-state index contributed by atoms with van der Waals surface area (Å²) in [4.78, 5) is 55.3. The fourth-order valence-electron chi connectivity index (χ4n) is 4.43. The molecule has 1 aliphatic rings. The fraction of sp³-hybridized carbons (Fsp3) is 0.194. The average molecular weight is 622 g/mol. The minimum absolute atomic E-state index is 0.0687. The maximum Gasteiger partial charge on any atom is 0.351 e. The number of halogens is 2. The van der Waals surface area contributed by atoms with Crippen LogP contribution < -0.4 is 11.0 Å². The number of carbonyl (C=O) groups is 3. The first-order chi connectivity index (χ1) is 20.7. The second-order valence-corrected chi connectivity index (χ2v) is 10.6. The molecule has 0 unspecified atom stereocenters. The molecule has 3 atom stereocenters. The number of hydrogen-bond donors (Lipinski definition) is 1. The van der Waals surface area contributed by atoms with Crippen molar-refractivity contribution in [2.45, 2.75) is 31.8 Å². The van der Waals surface area contributed by atoms with Gasteiger partial charge < -0.3 is 19.5 Å². The second kappa shape index (κ2) is 13.2. The van der Waals surface area contributed by atoms with Gasteiger partial charge in [0, 0.05) is 33.8 Å². The molecule has 0 radical (unpaired) electrons. The van der Waals surface area contributed by atoms with Crippen LogP contribution in [0.15, 0.2) is 89.9 Å². The summed E-state index contributed by atoms with van der Waals surface area (Å²) in [5, 5.41) is 3.58. The number of hydrogen-bond acceptors (Lipinski definition) is 8. The van der Waals surface area contributed by atoms with Gasteiger partial charge in [-0.15, -0.1) is 0 Å². The molecule has 5 rings (SSSR count). The number of rotatable bonds is 8. The van der Waals surface area contributed by atoms with Crippen LogP contribution in [0, 0.1) is 6.92 Å². The molecule has 10 nitrogen and oxygen atoms in total. The summed E-state index contributed by atoms with van der Waals surface area (Å²) < 4.78 is 18.5. The molecule has 12 heteroatoms.